The number of anilines is 3. The maximum Gasteiger partial charge on any atom is 0.135 e. The van der Waals surface area contributed by atoms with Crippen LogP contribution in [-0.4, -0.2) is 0 Å². The lowest BCUT2D eigenvalue weighted by Gasteiger charge is -2.37. The summed E-state index contributed by atoms with van der Waals surface area (Å²) in [7, 11) is 0. The van der Waals surface area contributed by atoms with Crippen molar-refractivity contribution in [3.8, 4) is 33.4 Å². The Hall–Kier alpha value is -8.76. The van der Waals surface area contributed by atoms with Crippen molar-refractivity contribution in [1.82, 2.24) is 0 Å². The standard InChI is InChI=1S/C67H45NOS/c1-4-19-51(20-5-1)67(52-21-6-2-7-22-52,53-23-8-3-9-24-53)54-38-33-46(34-39-54)48-17-14-25-56(43-48)68(55-40-35-47(36-41-55)58-29-16-30-61-60-28-11-13-32-65(60)70-66(58)61)57-26-15-18-49(44-57)50-37-42-64-62(45-50)59-27-10-12-31-63(59)69-64/h1-45H. The molecule has 0 fully saturated rings. The predicted octanol–water partition coefficient (Wildman–Crippen LogP) is 18.8. The molecule has 0 saturated heterocycles. The molecule has 0 radical (unpaired) electrons. The number of para-hydroxylation sites is 1. The van der Waals surface area contributed by atoms with E-state index in [1.54, 1.807) is 0 Å². The van der Waals surface area contributed by atoms with E-state index in [1.165, 1.54) is 53.6 Å². The van der Waals surface area contributed by atoms with Gasteiger partial charge in [0.15, 0.2) is 0 Å². The molecule has 13 rings (SSSR count). The summed E-state index contributed by atoms with van der Waals surface area (Å²) in [6.07, 6.45) is 0. The normalized spacial score (nSPS) is 11.7. The average molecular weight is 912 g/mol. The number of rotatable bonds is 10. The zero-order chi connectivity index (χ0) is 46.4. The number of nitrogens with zero attached hydrogens (tertiary/aromatic N) is 1. The van der Waals surface area contributed by atoms with Gasteiger partial charge in [-0.3, -0.25) is 0 Å². The minimum atomic E-state index is -0.518. The molecule has 70 heavy (non-hydrogen) atoms. The Labute approximate surface area is 411 Å². The van der Waals surface area contributed by atoms with Gasteiger partial charge in [0.05, 0.1) is 5.41 Å². The third kappa shape index (κ3) is 7.10. The summed E-state index contributed by atoms with van der Waals surface area (Å²) in [6.45, 7) is 0. The minimum absolute atomic E-state index is 0.518. The predicted molar refractivity (Wildman–Crippen MR) is 296 cm³/mol. The van der Waals surface area contributed by atoms with Gasteiger partial charge >= 0.3 is 0 Å². The quantitative estimate of drug-likeness (QED) is 0.127. The maximum atomic E-state index is 6.23. The van der Waals surface area contributed by atoms with Crippen LogP contribution in [0.25, 0.3) is 75.5 Å². The highest BCUT2D eigenvalue weighted by Crippen LogP contribution is 2.47. The molecule has 0 spiro atoms. The fourth-order valence-corrected chi connectivity index (χ4v) is 12.0. The number of fused-ring (bicyclic) bond motifs is 6. The largest absolute Gasteiger partial charge is 0.456 e. The number of benzene rings is 11. The topological polar surface area (TPSA) is 16.4 Å². The second-order valence-electron chi connectivity index (χ2n) is 18.0. The molecule has 330 valence electrons. The molecule has 11 aromatic carbocycles. The van der Waals surface area contributed by atoms with E-state index in [2.05, 4.69) is 266 Å². The molecule has 0 aliphatic heterocycles. The van der Waals surface area contributed by atoms with E-state index in [4.69, 9.17) is 4.42 Å². The molecule has 2 heterocycles. The fraction of sp³-hybridized carbons (Fsp3) is 0.0149. The molecule has 0 bridgehead atoms. The number of furan rings is 1. The van der Waals surface area contributed by atoms with Crippen molar-refractivity contribution in [3.05, 3.63) is 295 Å². The smallest absolute Gasteiger partial charge is 0.135 e. The van der Waals surface area contributed by atoms with Gasteiger partial charge in [-0.15, -0.1) is 11.3 Å². The first-order chi connectivity index (χ1) is 34.7. The number of thiophene rings is 1. The Morgan fingerprint density at radius 1 is 0.300 bits per heavy atom. The summed E-state index contributed by atoms with van der Waals surface area (Å²) < 4.78 is 8.85. The summed E-state index contributed by atoms with van der Waals surface area (Å²) in [5.74, 6) is 0. The third-order valence-corrected chi connectivity index (χ3v) is 15.3. The van der Waals surface area contributed by atoms with Gasteiger partial charge in [-0.1, -0.05) is 212 Å². The van der Waals surface area contributed by atoms with Crippen molar-refractivity contribution < 1.29 is 4.42 Å². The highest BCUT2D eigenvalue weighted by molar-refractivity contribution is 7.26. The van der Waals surface area contributed by atoms with Crippen LogP contribution >= 0.6 is 11.3 Å². The van der Waals surface area contributed by atoms with Crippen molar-refractivity contribution in [1.29, 1.82) is 0 Å². The number of hydrogen-bond acceptors (Lipinski definition) is 3. The highest BCUT2D eigenvalue weighted by atomic mass is 32.1. The lowest BCUT2D eigenvalue weighted by molar-refractivity contribution is 0.669. The van der Waals surface area contributed by atoms with Crippen molar-refractivity contribution >= 4 is 70.5 Å². The van der Waals surface area contributed by atoms with Crippen LogP contribution in [0.5, 0.6) is 0 Å². The number of hydrogen-bond donors (Lipinski definition) is 0. The molecular weight excluding hydrogens is 867 g/mol. The molecule has 0 atom stereocenters. The third-order valence-electron chi connectivity index (χ3n) is 14.0. The Bertz CT molecular complexity index is 3890. The van der Waals surface area contributed by atoms with Crippen LogP contribution in [0.1, 0.15) is 22.3 Å². The summed E-state index contributed by atoms with van der Waals surface area (Å²) in [6, 6.07) is 99.2. The first-order valence-electron chi connectivity index (χ1n) is 23.9. The van der Waals surface area contributed by atoms with Crippen LogP contribution in [0.15, 0.2) is 277 Å². The van der Waals surface area contributed by atoms with E-state index >= 15 is 0 Å². The lowest BCUT2D eigenvalue weighted by Crippen LogP contribution is -2.30. The first-order valence-corrected chi connectivity index (χ1v) is 24.7. The van der Waals surface area contributed by atoms with E-state index in [1.807, 2.05) is 23.5 Å². The SMILES string of the molecule is c1ccc(C(c2ccccc2)(c2ccccc2)c2ccc(-c3cccc(N(c4ccc(-c5cccc6c5sc5ccccc56)cc4)c4cccc(-c5ccc6oc7ccccc7c6c5)c4)c3)cc2)cc1. The van der Waals surface area contributed by atoms with Gasteiger partial charge < -0.3 is 9.32 Å². The highest BCUT2D eigenvalue weighted by Gasteiger charge is 2.38. The molecule has 0 N–H and O–H groups in total. The Balaban J connectivity index is 0.924. The van der Waals surface area contributed by atoms with E-state index in [0.29, 0.717) is 0 Å². The first kappa shape index (κ1) is 41.4. The summed E-state index contributed by atoms with van der Waals surface area (Å²) >= 11 is 1.87. The van der Waals surface area contributed by atoms with Crippen molar-refractivity contribution in [2.75, 3.05) is 4.90 Å². The van der Waals surface area contributed by atoms with Gasteiger partial charge in [-0.2, -0.15) is 0 Å². The molecule has 2 nitrogen and oxygen atoms in total. The van der Waals surface area contributed by atoms with Crippen LogP contribution < -0.4 is 4.90 Å². The monoisotopic (exact) mass is 911 g/mol. The van der Waals surface area contributed by atoms with Gasteiger partial charge in [0.2, 0.25) is 0 Å². The van der Waals surface area contributed by atoms with Crippen LogP contribution in [0, 0.1) is 0 Å². The van der Waals surface area contributed by atoms with Gasteiger partial charge in [0, 0.05) is 48.0 Å². The molecule has 0 unspecified atom stereocenters. The summed E-state index contributed by atoms with van der Waals surface area (Å²) in [4.78, 5) is 2.39. The van der Waals surface area contributed by atoms with Crippen LogP contribution in [0.4, 0.5) is 17.1 Å². The zero-order valence-electron chi connectivity index (χ0n) is 38.2. The molecule has 0 amide bonds. The Kier molecular flexibility index (Phi) is 10.3. The second-order valence-corrected chi connectivity index (χ2v) is 19.1. The van der Waals surface area contributed by atoms with Gasteiger partial charge in [0.25, 0.3) is 0 Å². The summed E-state index contributed by atoms with van der Waals surface area (Å²) in [5.41, 5.74) is 16.4. The molecule has 3 heteroatoms. The molecule has 0 aliphatic rings. The maximum absolute atomic E-state index is 6.23. The second kappa shape index (κ2) is 17.4. The van der Waals surface area contributed by atoms with Crippen LogP contribution in [0.2, 0.25) is 0 Å². The van der Waals surface area contributed by atoms with Crippen LogP contribution in [0.3, 0.4) is 0 Å². The van der Waals surface area contributed by atoms with E-state index < -0.39 is 5.41 Å². The Morgan fingerprint density at radius 2 is 0.786 bits per heavy atom. The van der Waals surface area contributed by atoms with E-state index in [-0.39, 0.29) is 0 Å². The van der Waals surface area contributed by atoms with E-state index in [9.17, 15) is 0 Å². The van der Waals surface area contributed by atoms with Crippen LogP contribution in [-0.2, 0) is 5.41 Å². The zero-order valence-corrected chi connectivity index (χ0v) is 39.1. The van der Waals surface area contributed by atoms with Crippen molar-refractivity contribution in [2.24, 2.45) is 0 Å². The van der Waals surface area contributed by atoms with E-state index in [0.717, 1.165) is 61.3 Å². The Morgan fingerprint density at radius 3 is 1.44 bits per heavy atom. The van der Waals surface area contributed by atoms with Crippen molar-refractivity contribution in [2.45, 2.75) is 5.41 Å². The molecule has 2 aromatic heterocycles. The minimum Gasteiger partial charge on any atom is -0.456 e. The van der Waals surface area contributed by atoms with Gasteiger partial charge in [-0.05, 0) is 116 Å². The molecular formula is C67H45NOS. The molecule has 0 saturated carbocycles. The van der Waals surface area contributed by atoms with Gasteiger partial charge in [0.1, 0.15) is 11.2 Å². The summed E-state index contributed by atoms with van der Waals surface area (Å²) in [5, 5.41) is 4.86. The van der Waals surface area contributed by atoms with Crippen molar-refractivity contribution in [3.63, 3.8) is 0 Å². The average Bonchev–Trinajstić information content (AvgIpc) is 4.01. The molecule has 0 aliphatic carbocycles. The fourth-order valence-electron chi connectivity index (χ4n) is 10.7. The van der Waals surface area contributed by atoms with Gasteiger partial charge in [-0.25, -0.2) is 0 Å². The lowest BCUT2D eigenvalue weighted by atomic mass is 9.65. The molecule has 13 aromatic rings.